The fourth-order valence-electron chi connectivity index (χ4n) is 3.82. The van der Waals surface area contributed by atoms with E-state index in [-0.39, 0.29) is 11.9 Å². The molecular weight excluding hydrogens is 280 g/mol. The van der Waals surface area contributed by atoms with Gasteiger partial charge in [-0.15, -0.1) is 0 Å². The van der Waals surface area contributed by atoms with Crippen molar-refractivity contribution in [1.82, 2.24) is 20.0 Å². The van der Waals surface area contributed by atoms with Crippen molar-refractivity contribution in [1.29, 1.82) is 0 Å². The highest BCUT2D eigenvalue weighted by atomic mass is 16.5. The minimum Gasteiger partial charge on any atom is -0.379 e. The molecule has 4 rings (SSSR count). The minimum atomic E-state index is 0.223. The number of nitrogens with one attached hydrogen (secondary N) is 1. The second-order valence-corrected chi connectivity index (χ2v) is 7.04. The van der Waals surface area contributed by atoms with E-state index in [9.17, 15) is 4.79 Å². The van der Waals surface area contributed by atoms with E-state index in [1.165, 1.54) is 18.4 Å². The second kappa shape index (κ2) is 5.66. The van der Waals surface area contributed by atoms with E-state index in [0.29, 0.717) is 24.3 Å². The van der Waals surface area contributed by atoms with Crippen molar-refractivity contribution in [2.75, 3.05) is 19.8 Å². The van der Waals surface area contributed by atoms with Gasteiger partial charge >= 0.3 is 0 Å². The van der Waals surface area contributed by atoms with Crippen LogP contribution in [0.2, 0.25) is 0 Å². The van der Waals surface area contributed by atoms with E-state index in [0.717, 1.165) is 26.3 Å². The average Bonchev–Trinajstić information content (AvgIpc) is 2.88. The van der Waals surface area contributed by atoms with Crippen LogP contribution in [-0.2, 0) is 23.1 Å². The maximum atomic E-state index is 12.1. The number of nitrogens with zero attached hydrogens (tertiary/aromatic N) is 3. The molecule has 3 atom stereocenters. The standard InChI is InChI=1S/C16H24N4O2/c1-19-6-12(5-17-19)7-20-8-14(13-9-22-10-15(13)20)18-16(21)4-11-2-3-11/h5-6,11,13-15H,2-4,7-10H2,1H3,(H,18,21)/t13-,14-,15-/m1/s1. The lowest BCUT2D eigenvalue weighted by molar-refractivity contribution is -0.122. The highest BCUT2D eigenvalue weighted by molar-refractivity contribution is 5.77. The number of rotatable bonds is 5. The second-order valence-electron chi connectivity index (χ2n) is 7.04. The van der Waals surface area contributed by atoms with Crippen molar-refractivity contribution in [3.8, 4) is 0 Å². The van der Waals surface area contributed by atoms with E-state index >= 15 is 0 Å². The van der Waals surface area contributed by atoms with Gasteiger partial charge in [0.05, 0.1) is 19.4 Å². The van der Waals surface area contributed by atoms with Crippen molar-refractivity contribution >= 4 is 5.91 Å². The Morgan fingerprint density at radius 3 is 3.05 bits per heavy atom. The lowest BCUT2D eigenvalue weighted by atomic mass is 9.99. The molecule has 0 radical (unpaired) electrons. The summed E-state index contributed by atoms with van der Waals surface area (Å²) in [4.78, 5) is 14.6. The first kappa shape index (κ1) is 14.2. The number of carbonyl (C=O) groups is 1. The van der Waals surface area contributed by atoms with Gasteiger partial charge in [0.2, 0.25) is 5.91 Å². The van der Waals surface area contributed by atoms with Crippen molar-refractivity contribution in [2.24, 2.45) is 18.9 Å². The monoisotopic (exact) mass is 304 g/mol. The number of carbonyl (C=O) groups excluding carboxylic acids is 1. The number of ether oxygens (including phenoxy) is 1. The van der Waals surface area contributed by atoms with Gasteiger partial charge in [-0.1, -0.05) is 0 Å². The van der Waals surface area contributed by atoms with Crippen LogP contribution in [0.25, 0.3) is 0 Å². The van der Waals surface area contributed by atoms with Crippen LogP contribution in [0.5, 0.6) is 0 Å². The van der Waals surface area contributed by atoms with Crippen molar-refractivity contribution in [3.63, 3.8) is 0 Å². The first-order valence-electron chi connectivity index (χ1n) is 8.28. The zero-order valence-electron chi connectivity index (χ0n) is 13.1. The highest BCUT2D eigenvalue weighted by Gasteiger charge is 2.45. The summed E-state index contributed by atoms with van der Waals surface area (Å²) < 4.78 is 7.51. The normalized spacial score (nSPS) is 31.4. The van der Waals surface area contributed by atoms with Crippen LogP contribution >= 0.6 is 0 Å². The summed E-state index contributed by atoms with van der Waals surface area (Å²) in [6, 6.07) is 0.654. The maximum Gasteiger partial charge on any atom is 0.220 e. The molecule has 2 saturated heterocycles. The lowest BCUT2D eigenvalue weighted by Crippen LogP contribution is -2.41. The summed E-state index contributed by atoms with van der Waals surface area (Å²) in [5, 5.41) is 7.50. The van der Waals surface area contributed by atoms with Crippen LogP contribution in [0.3, 0.4) is 0 Å². The predicted octanol–water partition coefficient (Wildman–Crippen LogP) is 0.536. The third-order valence-electron chi connectivity index (χ3n) is 5.17. The Hall–Kier alpha value is -1.40. The molecule has 1 N–H and O–H groups in total. The molecule has 1 aromatic rings. The van der Waals surface area contributed by atoms with Crippen LogP contribution in [0.1, 0.15) is 24.8 Å². The Morgan fingerprint density at radius 2 is 2.32 bits per heavy atom. The Kier molecular flexibility index (Phi) is 3.66. The third kappa shape index (κ3) is 2.90. The summed E-state index contributed by atoms with van der Waals surface area (Å²) >= 11 is 0. The molecule has 0 unspecified atom stereocenters. The molecule has 120 valence electrons. The van der Waals surface area contributed by atoms with Gasteiger partial charge in [-0.05, 0) is 18.8 Å². The molecule has 1 saturated carbocycles. The fourth-order valence-corrected chi connectivity index (χ4v) is 3.82. The molecule has 6 nitrogen and oxygen atoms in total. The number of aryl methyl sites for hydroxylation is 1. The molecular formula is C16H24N4O2. The summed E-state index contributed by atoms with van der Waals surface area (Å²) in [5.74, 6) is 1.30. The quantitative estimate of drug-likeness (QED) is 0.862. The summed E-state index contributed by atoms with van der Waals surface area (Å²) in [5.41, 5.74) is 1.22. The van der Waals surface area contributed by atoms with E-state index in [2.05, 4.69) is 21.5 Å². The van der Waals surface area contributed by atoms with Crippen LogP contribution in [0.4, 0.5) is 0 Å². The van der Waals surface area contributed by atoms with Gasteiger partial charge in [0.25, 0.3) is 0 Å². The summed E-state index contributed by atoms with van der Waals surface area (Å²) in [6.45, 7) is 3.35. The number of amides is 1. The highest BCUT2D eigenvalue weighted by Crippen LogP contribution is 2.34. The molecule has 3 heterocycles. The molecule has 1 aromatic heterocycles. The number of hydrogen-bond donors (Lipinski definition) is 1. The van der Waals surface area contributed by atoms with E-state index in [4.69, 9.17) is 4.74 Å². The van der Waals surface area contributed by atoms with E-state index in [1.807, 2.05) is 17.9 Å². The summed E-state index contributed by atoms with van der Waals surface area (Å²) in [6.07, 6.45) is 7.13. The zero-order valence-corrected chi connectivity index (χ0v) is 13.1. The Labute approximate surface area is 130 Å². The first-order chi connectivity index (χ1) is 10.7. The Balaban J connectivity index is 1.39. The molecule has 1 aliphatic carbocycles. The Morgan fingerprint density at radius 1 is 1.45 bits per heavy atom. The molecule has 3 fully saturated rings. The number of hydrogen-bond acceptors (Lipinski definition) is 4. The number of aromatic nitrogens is 2. The van der Waals surface area contributed by atoms with Crippen LogP contribution in [0, 0.1) is 11.8 Å². The number of fused-ring (bicyclic) bond motifs is 1. The van der Waals surface area contributed by atoms with Gasteiger partial charge < -0.3 is 10.1 Å². The van der Waals surface area contributed by atoms with Gasteiger partial charge in [0.1, 0.15) is 0 Å². The van der Waals surface area contributed by atoms with Crippen LogP contribution in [-0.4, -0.2) is 52.4 Å². The van der Waals surface area contributed by atoms with Gasteiger partial charge in [-0.3, -0.25) is 14.4 Å². The first-order valence-corrected chi connectivity index (χ1v) is 8.28. The lowest BCUT2D eigenvalue weighted by Gasteiger charge is -2.21. The van der Waals surface area contributed by atoms with Gasteiger partial charge in [-0.2, -0.15) is 5.10 Å². The van der Waals surface area contributed by atoms with Crippen molar-refractivity contribution in [2.45, 2.75) is 37.9 Å². The molecule has 2 aliphatic heterocycles. The maximum absolute atomic E-state index is 12.1. The molecule has 6 heteroatoms. The molecule has 0 aromatic carbocycles. The zero-order chi connectivity index (χ0) is 15.1. The molecule has 0 bridgehead atoms. The van der Waals surface area contributed by atoms with Crippen molar-refractivity contribution < 1.29 is 9.53 Å². The average molecular weight is 304 g/mol. The van der Waals surface area contributed by atoms with Gasteiger partial charge in [0.15, 0.2) is 0 Å². The minimum absolute atomic E-state index is 0.223. The molecule has 0 spiro atoms. The molecule has 22 heavy (non-hydrogen) atoms. The van der Waals surface area contributed by atoms with Crippen molar-refractivity contribution in [3.05, 3.63) is 18.0 Å². The smallest absolute Gasteiger partial charge is 0.220 e. The van der Waals surface area contributed by atoms with E-state index < -0.39 is 0 Å². The van der Waals surface area contributed by atoms with Crippen LogP contribution in [0.15, 0.2) is 12.4 Å². The fraction of sp³-hybridized carbons (Fsp3) is 0.750. The molecule has 3 aliphatic rings. The SMILES string of the molecule is Cn1cc(CN2C[C@@H](NC(=O)CC3CC3)[C@H]3COC[C@H]32)cn1. The topological polar surface area (TPSA) is 59.4 Å². The van der Waals surface area contributed by atoms with Gasteiger partial charge in [-0.25, -0.2) is 0 Å². The van der Waals surface area contributed by atoms with E-state index in [1.54, 1.807) is 0 Å². The summed E-state index contributed by atoms with van der Waals surface area (Å²) in [7, 11) is 1.94. The predicted molar refractivity (Wildman–Crippen MR) is 81.0 cm³/mol. The van der Waals surface area contributed by atoms with Crippen LogP contribution < -0.4 is 5.32 Å². The number of likely N-dealkylation sites (tertiary alicyclic amines) is 1. The molecule has 1 amide bonds. The largest absolute Gasteiger partial charge is 0.379 e. The van der Waals surface area contributed by atoms with Gasteiger partial charge in [0, 0.05) is 56.3 Å². The third-order valence-corrected chi connectivity index (χ3v) is 5.17. The Bertz CT molecular complexity index is 554.